The summed E-state index contributed by atoms with van der Waals surface area (Å²) in [6.07, 6.45) is 1.87. The number of aromatic amines is 2. The van der Waals surface area contributed by atoms with E-state index in [9.17, 15) is 0 Å². The fourth-order valence-electron chi connectivity index (χ4n) is 2.77. The summed E-state index contributed by atoms with van der Waals surface area (Å²) in [6.45, 7) is 4.17. The monoisotopic (exact) mass is 263 g/mol. The van der Waals surface area contributed by atoms with Gasteiger partial charge in [0, 0.05) is 5.39 Å². The van der Waals surface area contributed by atoms with E-state index in [4.69, 9.17) is 0 Å². The molecule has 5 heteroatoms. The molecule has 4 rings (SSSR count). The smallest absolute Gasteiger partial charge is 0.115 e. The van der Waals surface area contributed by atoms with Crippen LogP contribution in [-0.4, -0.2) is 25.6 Å². The zero-order valence-electron chi connectivity index (χ0n) is 11.2. The van der Waals surface area contributed by atoms with Gasteiger partial charge in [-0.2, -0.15) is 20.5 Å². The molecule has 5 nitrogen and oxygen atoms in total. The van der Waals surface area contributed by atoms with Gasteiger partial charge in [0.15, 0.2) is 0 Å². The number of benzene rings is 2. The predicted molar refractivity (Wildman–Crippen MR) is 78.5 cm³/mol. The highest BCUT2D eigenvalue weighted by Crippen LogP contribution is 2.33. The molecule has 0 fully saturated rings. The maximum Gasteiger partial charge on any atom is 0.115 e. The highest BCUT2D eigenvalue weighted by Gasteiger charge is 2.12. The Labute approximate surface area is 115 Å². The lowest BCUT2D eigenvalue weighted by Gasteiger charge is -2.08. The molecular weight excluding hydrogens is 250 g/mol. The molecule has 0 unspecified atom stereocenters. The highest BCUT2D eigenvalue weighted by molar-refractivity contribution is 5.98. The van der Waals surface area contributed by atoms with E-state index in [0.717, 1.165) is 33.1 Å². The molecule has 0 aliphatic heterocycles. The molecule has 2 heterocycles. The largest absolute Gasteiger partial charge is 0.278 e. The molecule has 0 aliphatic carbocycles. The molecular formula is C15H13N5. The third kappa shape index (κ3) is 1.46. The van der Waals surface area contributed by atoms with Gasteiger partial charge in [0.2, 0.25) is 0 Å². The van der Waals surface area contributed by atoms with E-state index in [1.165, 1.54) is 11.1 Å². The van der Waals surface area contributed by atoms with Gasteiger partial charge < -0.3 is 0 Å². The summed E-state index contributed by atoms with van der Waals surface area (Å²) in [6, 6.07) is 8.39. The molecule has 0 bridgehead atoms. The Morgan fingerprint density at radius 1 is 1.00 bits per heavy atom. The Morgan fingerprint density at radius 3 is 2.80 bits per heavy atom. The number of rotatable bonds is 1. The molecule has 0 spiro atoms. The molecule has 4 aromatic rings. The average Bonchev–Trinajstić information content (AvgIpc) is 3.06. The second-order valence-electron chi connectivity index (χ2n) is 5.07. The molecule has 2 aromatic carbocycles. The normalized spacial score (nSPS) is 11.5. The van der Waals surface area contributed by atoms with Crippen molar-refractivity contribution in [2.24, 2.45) is 0 Å². The maximum absolute atomic E-state index is 4.20. The van der Waals surface area contributed by atoms with Gasteiger partial charge in [-0.3, -0.25) is 5.10 Å². The number of hydrogen-bond donors (Lipinski definition) is 2. The van der Waals surface area contributed by atoms with Crippen molar-refractivity contribution in [3.8, 4) is 11.1 Å². The number of nitrogens with one attached hydrogen (secondary N) is 2. The third-order valence-electron chi connectivity index (χ3n) is 3.73. The number of nitrogens with zero attached hydrogens (tertiary/aromatic N) is 3. The van der Waals surface area contributed by atoms with Gasteiger partial charge in [-0.1, -0.05) is 6.07 Å². The quantitative estimate of drug-likeness (QED) is 0.554. The summed E-state index contributed by atoms with van der Waals surface area (Å²) in [4.78, 5) is 0. The van der Waals surface area contributed by atoms with Crippen molar-refractivity contribution in [3.05, 3.63) is 41.6 Å². The van der Waals surface area contributed by atoms with Crippen LogP contribution >= 0.6 is 0 Å². The standard InChI is InChI=1S/C15H13N5/c1-8-3-4-12-11(7-16-17-12)14(8)10-5-9(2)15-13(6-10)18-20-19-15/h3-7H,1-2H3,(H,16,17)(H,18,19,20). The second-order valence-corrected chi connectivity index (χ2v) is 5.07. The van der Waals surface area contributed by atoms with Crippen LogP contribution in [0, 0.1) is 13.8 Å². The van der Waals surface area contributed by atoms with E-state index in [0.29, 0.717) is 0 Å². The lowest BCUT2D eigenvalue weighted by atomic mass is 9.95. The van der Waals surface area contributed by atoms with Crippen molar-refractivity contribution in [1.82, 2.24) is 25.6 Å². The molecule has 98 valence electrons. The lowest BCUT2D eigenvalue weighted by molar-refractivity contribution is 0.958. The van der Waals surface area contributed by atoms with Crippen LogP contribution in [0.15, 0.2) is 30.5 Å². The van der Waals surface area contributed by atoms with Crippen molar-refractivity contribution in [2.75, 3.05) is 0 Å². The topological polar surface area (TPSA) is 70.2 Å². The van der Waals surface area contributed by atoms with Crippen molar-refractivity contribution in [1.29, 1.82) is 0 Å². The van der Waals surface area contributed by atoms with Crippen LogP contribution in [0.3, 0.4) is 0 Å². The van der Waals surface area contributed by atoms with Crippen molar-refractivity contribution in [2.45, 2.75) is 13.8 Å². The molecule has 0 radical (unpaired) electrons. The van der Waals surface area contributed by atoms with Gasteiger partial charge in [0.25, 0.3) is 0 Å². The molecule has 0 saturated heterocycles. The van der Waals surface area contributed by atoms with Gasteiger partial charge in [-0.25, -0.2) is 0 Å². The van der Waals surface area contributed by atoms with Crippen LogP contribution in [0.4, 0.5) is 0 Å². The fourth-order valence-corrected chi connectivity index (χ4v) is 2.77. The van der Waals surface area contributed by atoms with Gasteiger partial charge in [-0.05, 0) is 54.3 Å². The van der Waals surface area contributed by atoms with Crippen molar-refractivity contribution >= 4 is 21.9 Å². The Hall–Kier alpha value is -2.69. The van der Waals surface area contributed by atoms with Crippen LogP contribution in [0.25, 0.3) is 33.1 Å². The van der Waals surface area contributed by atoms with Crippen molar-refractivity contribution < 1.29 is 0 Å². The second kappa shape index (κ2) is 3.90. The minimum Gasteiger partial charge on any atom is -0.278 e. The van der Waals surface area contributed by atoms with Crippen LogP contribution in [0.2, 0.25) is 0 Å². The first kappa shape index (κ1) is 11.2. The van der Waals surface area contributed by atoms with Crippen molar-refractivity contribution in [3.63, 3.8) is 0 Å². The summed E-state index contributed by atoms with van der Waals surface area (Å²) in [7, 11) is 0. The molecule has 0 aliphatic rings. The number of aromatic nitrogens is 5. The van der Waals surface area contributed by atoms with Crippen LogP contribution in [0.5, 0.6) is 0 Å². The summed E-state index contributed by atoms with van der Waals surface area (Å²) in [5, 5.41) is 19.4. The van der Waals surface area contributed by atoms with Gasteiger partial charge in [-0.15, -0.1) is 0 Å². The van der Waals surface area contributed by atoms with E-state index in [1.807, 2.05) is 6.20 Å². The first-order chi connectivity index (χ1) is 9.74. The Morgan fingerprint density at radius 2 is 1.90 bits per heavy atom. The molecule has 0 amide bonds. The Balaban J connectivity index is 2.10. The molecule has 0 atom stereocenters. The Bertz CT molecular complexity index is 932. The summed E-state index contributed by atoms with van der Waals surface area (Å²) in [5.74, 6) is 0. The first-order valence-electron chi connectivity index (χ1n) is 6.48. The van der Waals surface area contributed by atoms with E-state index in [-0.39, 0.29) is 0 Å². The van der Waals surface area contributed by atoms with Crippen LogP contribution < -0.4 is 0 Å². The predicted octanol–water partition coefficient (Wildman–Crippen LogP) is 3.12. The third-order valence-corrected chi connectivity index (χ3v) is 3.73. The van der Waals surface area contributed by atoms with Gasteiger partial charge in [0.1, 0.15) is 11.0 Å². The minimum atomic E-state index is 0.889. The Kier molecular flexibility index (Phi) is 2.18. The minimum absolute atomic E-state index is 0.889. The average molecular weight is 263 g/mol. The summed E-state index contributed by atoms with van der Waals surface area (Å²) < 4.78 is 0. The number of hydrogen-bond acceptors (Lipinski definition) is 3. The number of H-pyrrole nitrogens is 2. The van der Waals surface area contributed by atoms with Crippen LogP contribution in [0.1, 0.15) is 11.1 Å². The first-order valence-corrected chi connectivity index (χ1v) is 6.48. The molecule has 0 saturated carbocycles. The van der Waals surface area contributed by atoms with E-state index < -0.39 is 0 Å². The molecule has 2 N–H and O–H groups in total. The van der Waals surface area contributed by atoms with E-state index in [2.05, 4.69) is 63.7 Å². The summed E-state index contributed by atoms with van der Waals surface area (Å²) in [5.41, 5.74) is 7.54. The zero-order chi connectivity index (χ0) is 13.7. The van der Waals surface area contributed by atoms with E-state index in [1.54, 1.807) is 0 Å². The van der Waals surface area contributed by atoms with Crippen LogP contribution in [-0.2, 0) is 0 Å². The fraction of sp³-hybridized carbons (Fsp3) is 0.133. The number of aryl methyl sites for hydroxylation is 2. The van der Waals surface area contributed by atoms with Gasteiger partial charge >= 0.3 is 0 Å². The van der Waals surface area contributed by atoms with E-state index >= 15 is 0 Å². The SMILES string of the molecule is Cc1ccc2[nH]ncc2c1-c1cc(C)c2n[nH]nc2c1. The van der Waals surface area contributed by atoms with Gasteiger partial charge in [0.05, 0.1) is 11.7 Å². The zero-order valence-corrected chi connectivity index (χ0v) is 11.2. The maximum atomic E-state index is 4.20. The number of fused-ring (bicyclic) bond motifs is 2. The lowest BCUT2D eigenvalue weighted by Crippen LogP contribution is -1.87. The molecule has 20 heavy (non-hydrogen) atoms. The highest BCUT2D eigenvalue weighted by atomic mass is 15.3. The molecule has 2 aromatic heterocycles. The summed E-state index contributed by atoms with van der Waals surface area (Å²) >= 11 is 0.